The van der Waals surface area contributed by atoms with Crippen LogP contribution in [0.4, 0.5) is 0 Å². The lowest BCUT2D eigenvalue weighted by Crippen LogP contribution is -2.36. The quantitative estimate of drug-likeness (QED) is 0.366. The number of ether oxygens (including phenoxy) is 3. The Labute approximate surface area is 226 Å². The molecule has 0 saturated heterocycles. The summed E-state index contributed by atoms with van der Waals surface area (Å²) in [6.45, 7) is 2.13. The Bertz CT molecular complexity index is 1390. The first kappa shape index (κ1) is 25.8. The summed E-state index contributed by atoms with van der Waals surface area (Å²) in [5.74, 6) is 0.295. The van der Waals surface area contributed by atoms with Crippen molar-refractivity contribution in [1.29, 1.82) is 0 Å². The third kappa shape index (κ3) is 5.11. The third-order valence-electron chi connectivity index (χ3n) is 7.20. The van der Waals surface area contributed by atoms with E-state index in [-0.39, 0.29) is 18.3 Å². The van der Waals surface area contributed by atoms with Crippen molar-refractivity contribution < 1.29 is 23.8 Å². The molecule has 0 bridgehead atoms. The molecule has 2 aromatic carbocycles. The molecule has 0 saturated carbocycles. The number of hydrogen-bond donors (Lipinski definition) is 1. The molecule has 1 aliphatic heterocycles. The summed E-state index contributed by atoms with van der Waals surface area (Å²) in [6, 6.07) is 19.6. The van der Waals surface area contributed by atoms with Gasteiger partial charge in [-0.05, 0) is 48.1 Å². The number of methoxy groups -OCH3 is 2. The molecule has 38 heavy (non-hydrogen) atoms. The molecular formula is C31H31NO5S. The lowest BCUT2D eigenvalue weighted by molar-refractivity contribution is -0.139. The van der Waals surface area contributed by atoms with Gasteiger partial charge in [0.1, 0.15) is 0 Å². The summed E-state index contributed by atoms with van der Waals surface area (Å²) < 4.78 is 16.8. The van der Waals surface area contributed by atoms with E-state index in [1.54, 1.807) is 25.6 Å². The van der Waals surface area contributed by atoms with Crippen LogP contribution in [0.15, 0.2) is 88.6 Å². The molecule has 0 amide bonds. The average Bonchev–Trinajstić information content (AvgIpc) is 3.47. The van der Waals surface area contributed by atoms with Gasteiger partial charge in [-0.3, -0.25) is 4.79 Å². The monoisotopic (exact) mass is 529 g/mol. The highest BCUT2D eigenvalue weighted by Gasteiger charge is 2.41. The first-order valence-corrected chi connectivity index (χ1v) is 13.6. The number of thiophene rings is 1. The number of rotatable bonds is 8. The number of Topliss-reactive ketones (excluding diaryl/α,β-unsaturated/α-hetero) is 1. The number of carbonyl (C=O) groups excluding carboxylic acids is 2. The molecular weight excluding hydrogens is 498 g/mol. The van der Waals surface area contributed by atoms with Crippen LogP contribution in [0.25, 0.3) is 0 Å². The van der Waals surface area contributed by atoms with E-state index >= 15 is 0 Å². The van der Waals surface area contributed by atoms with Gasteiger partial charge in [0.25, 0.3) is 0 Å². The van der Waals surface area contributed by atoms with Crippen LogP contribution in [-0.4, -0.2) is 32.6 Å². The number of esters is 1. The number of benzene rings is 2. The second kappa shape index (κ2) is 11.3. The molecule has 2 heterocycles. The molecule has 1 N–H and O–H groups in total. The maximum Gasteiger partial charge on any atom is 0.336 e. The Morgan fingerprint density at radius 2 is 1.79 bits per heavy atom. The largest absolute Gasteiger partial charge is 0.493 e. The van der Waals surface area contributed by atoms with Crippen LogP contribution in [-0.2, 0) is 20.7 Å². The zero-order chi connectivity index (χ0) is 26.6. The van der Waals surface area contributed by atoms with Crippen LogP contribution in [0.3, 0.4) is 0 Å². The average molecular weight is 530 g/mol. The molecule has 196 valence electrons. The van der Waals surface area contributed by atoms with Gasteiger partial charge in [-0.25, -0.2) is 4.79 Å². The first-order chi connectivity index (χ1) is 18.5. The number of carbonyl (C=O) groups is 2. The van der Waals surface area contributed by atoms with Crippen molar-refractivity contribution in [2.24, 2.45) is 0 Å². The summed E-state index contributed by atoms with van der Waals surface area (Å²) >= 11 is 1.67. The summed E-state index contributed by atoms with van der Waals surface area (Å²) in [5, 5.41) is 5.46. The zero-order valence-electron chi connectivity index (χ0n) is 21.8. The maximum atomic E-state index is 13.7. The van der Waals surface area contributed by atoms with Crippen LogP contribution in [0.2, 0.25) is 0 Å². The number of allylic oxidation sites excluding steroid dienone is 3. The van der Waals surface area contributed by atoms with E-state index in [0.717, 1.165) is 16.8 Å². The van der Waals surface area contributed by atoms with Crippen molar-refractivity contribution in [3.8, 4) is 11.5 Å². The second-order valence-corrected chi connectivity index (χ2v) is 10.5. The predicted molar refractivity (Wildman–Crippen MR) is 148 cm³/mol. The van der Waals surface area contributed by atoms with Crippen molar-refractivity contribution in [2.45, 2.75) is 38.0 Å². The number of ketones is 1. The second-order valence-electron chi connectivity index (χ2n) is 9.52. The van der Waals surface area contributed by atoms with E-state index in [1.165, 1.54) is 4.88 Å². The molecule has 7 heteroatoms. The van der Waals surface area contributed by atoms with E-state index in [2.05, 4.69) is 11.4 Å². The van der Waals surface area contributed by atoms with E-state index < -0.39 is 11.9 Å². The molecule has 6 nitrogen and oxygen atoms in total. The van der Waals surface area contributed by atoms with Crippen molar-refractivity contribution in [2.75, 3.05) is 20.8 Å². The van der Waals surface area contributed by atoms with Gasteiger partial charge >= 0.3 is 5.97 Å². The summed E-state index contributed by atoms with van der Waals surface area (Å²) in [5.41, 5.74) is 4.54. The van der Waals surface area contributed by atoms with Gasteiger partial charge in [0.2, 0.25) is 0 Å². The van der Waals surface area contributed by atoms with Gasteiger partial charge in [0.05, 0.1) is 26.4 Å². The normalized spacial score (nSPS) is 19.1. The van der Waals surface area contributed by atoms with Crippen LogP contribution in [0.5, 0.6) is 11.5 Å². The highest BCUT2D eigenvalue weighted by Crippen LogP contribution is 2.47. The molecule has 3 aromatic rings. The molecule has 1 aromatic heterocycles. The summed E-state index contributed by atoms with van der Waals surface area (Å²) in [4.78, 5) is 28.5. The lowest BCUT2D eigenvalue weighted by Gasteiger charge is -2.36. The minimum Gasteiger partial charge on any atom is -0.493 e. The fourth-order valence-corrected chi connectivity index (χ4v) is 6.21. The van der Waals surface area contributed by atoms with Gasteiger partial charge in [0.15, 0.2) is 17.3 Å². The fraction of sp³-hybridized carbons (Fsp3) is 0.290. The van der Waals surface area contributed by atoms with Gasteiger partial charge in [-0.1, -0.05) is 42.5 Å². The molecule has 0 radical (unpaired) electrons. The van der Waals surface area contributed by atoms with Gasteiger partial charge < -0.3 is 19.5 Å². The van der Waals surface area contributed by atoms with Crippen molar-refractivity contribution in [3.63, 3.8) is 0 Å². The van der Waals surface area contributed by atoms with Crippen molar-refractivity contribution in [3.05, 3.63) is 105 Å². The Hall–Kier alpha value is -3.84. The molecule has 2 atom stereocenters. The van der Waals surface area contributed by atoms with Crippen LogP contribution >= 0.6 is 11.3 Å². The van der Waals surface area contributed by atoms with Gasteiger partial charge in [0, 0.05) is 46.5 Å². The minimum atomic E-state index is -0.563. The Morgan fingerprint density at radius 1 is 1.00 bits per heavy atom. The highest BCUT2D eigenvalue weighted by molar-refractivity contribution is 7.10. The fourth-order valence-electron chi connectivity index (χ4n) is 5.38. The summed E-state index contributed by atoms with van der Waals surface area (Å²) in [7, 11) is 3.16. The zero-order valence-corrected chi connectivity index (χ0v) is 22.6. The molecule has 2 aliphatic rings. The van der Waals surface area contributed by atoms with E-state index in [1.807, 2.05) is 66.9 Å². The third-order valence-corrected chi connectivity index (χ3v) is 8.24. The van der Waals surface area contributed by atoms with Crippen molar-refractivity contribution in [1.82, 2.24) is 5.32 Å². The molecule has 0 spiro atoms. The van der Waals surface area contributed by atoms with Crippen LogP contribution in [0.1, 0.15) is 47.6 Å². The lowest BCUT2D eigenvalue weighted by atomic mass is 9.72. The predicted octanol–water partition coefficient (Wildman–Crippen LogP) is 5.91. The van der Waals surface area contributed by atoms with Crippen molar-refractivity contribution >= 4 is 23.1 Å². The minimum absolute atomic E-state index is 0.0408. The van der Waals surface area contributed by atoms with E-state index in [9.17, 15) is 9.59 Å². The van der Waals surface area contributed by atoms with Crippen LogP contribution in [0, 0.1) is 0 Å². The first-order valence-electron chi connectivity index (χ1n) is 12.7. The van der Waals surface area contributed by atoms with E-state index in [4.69, 9.17) is 14.2 Å². The number of dihydropyridines is 1. The van der Waals surface area contributed by atoms with Gasteiger partial charge in [-0.15, -0.1) is 11.3 Å². The molecule has 5 rings (SSSR count). The standard InChI is InChI=1S/C31H31NO5S/c1-19-28(31(34)37-14-13-20-8-5-4-6-9-20)29(21-11-12-25(35-2)26(18-21)36-3)30-23(32-19)16-22(17-24(30)33)27-10-7-15-38-27/h4-12,15,18,22,29,32H,13-14,16-17H2,1-3H3. The topological polar surface area (TPSA) is 73.9 Å². The summed E-state index contributed by atoms with van der Waals surface area (Å²) in [6.07, 6.45) is 1.72. The van der Waals surface area contributed by atoms with Crippen LogP contribution < -0.4 is 14.8 Å². The maximum absolute atomic E-state index is 13.7. The SMILES string of the molecule is COc1ccc(C2C(C(=O)OCCc3ccccc3)=C(C)NC3=C2C(=O)CC(c2cccs2)C3)cc1OC. The van der Waals surface area contributed by atoms with E-state index in [0.29, 0.717) is 47.6 Å². The number of hydrogen-bond acceptors (Lipinski definition) is 7. The Morgan fingerprint density at radius 3 is 2.50 bits per heavy atom. The Balaban J connectivity index is 1.50. The molecule has 0 fully saturated rings. The molecule has 2 unspecified atom stereocenters. The molecule has 1 aliphatic carbocycles. The number of nitrogens with one attached hydrogen (secondary N) is 1. The smallest absolute Gasteiger partial charge is 0.336 e. The Kier molecular flexibility index (Phi) is 7.65. The highest BCUT2D eigenvalue weighted by atomic mass is 32.1. The van der Waals surface area contributed by atoms with Gasteiger partial charge in [-0.2, -0.15) is 0 Å².